The standard InChI is InChI=1S/C12H11ClN4O2S/c1-3-17-10-7(11(18)16-12(17)19)14-9(15-10)8-6(13)5(2)4-20-8/h4H,3H2,1-2H3,(H,14,15)(H,16,18,19). The predicted molar refractivity (Wildman–Crippen MR) is 79.7 cm³/mol. The highest BCUT2D eigenvalue weighted by molar-refractivity contribution is 7.14. The Balaban J connectivity index is 2.36. The van der Waals surface area contributed by atoms with Gasteiger partial charge >= 0.3 is 5.69 Å². The number of halogens is 1. The first kappa shape index (κ1) is 13.1. The minimum Gasteiger partial charge on any atom is -0.331 e. The van der Waals surface area contributed by atoms with Crippen molar-refractivity contribution < 1.29 is 0 Å². The lowest BCUT2D eigenvalue weighted by atomic mass is 10.3. The summed E-state index contributed by atoms with van der Waals surface area (Å²) in [6.07, 6.45) is 0. The topological polar surface area (TPSA) is 83.5 Å². The molecule has 0 aromatic carbocycles. The SMILES string of the molecule is CCn1c(=O)[nH]c(=O)c2[nH]c(-c3scc(C)c3Cl)nc21. The number of aryl methyl sites for hydroxylation is 2. The van der Waals surface area contributed by atoms with Gasteiger partial charge in [0, 0.05) is 6.54 Å². The largest absolute Gasteiger partial charge is 0.331 e. The molecule has 6 nitrogen and oxygen atoms in total. The molecule has 0 fully saturated rings. The normalized spacial score (nSPS) is 11.3. The second kappa shape index (κ2) is 4.60. The molecule has 2 N–H and O–H groups in total. The van der Waals surface area contributed by atoms with E-state index < -0.39 is 11.2 Å². The molecule has 0 aliphatic rings. The van der Waals surface area contributed by atoms with Gasteiger partial charge in [-0.25, -0.2) is 9.78 Å². The van der Waals surface area contributed by atoms with Crippen molar-refractivity contribution in [1.29, 1.82) is 0 Å². The first-order valence-electron chi connectivity index (χ1n) is 5.99. The van der Waals surface area contributed by atoms with Crippen molar-refractivity contribution in [2.45, 2.75) is 20.4 Å². The minimum atomic E-state index is -0.474. The Morgan fingerprint density at radius 3 is 2.75 bits per heavy atom. The van der Waals surface area contributed by atoms with Crippen LogP contribution in [0.5, 0.6) is 0 Å². The molecule has 104 valence electrons. The van der Waals surface area contributed by atoms with E-state index in [2.05, 4.69) is 15.0 Å². The number of thiophene rings is 1. The summed E-state index contributed by atoms with van der Waals surface area (Å²) in [7, 11) is 0. The summed E-state index contributed by atoms with van der Waals surface area (Å²) in [5, 5.41) is 2.53. The third kappa shape index (κ3) is 1.82. The summed E-state index contributed by atoms with van der Waals surface area (Å²) in [6, 6.07) is 0. The van der Waals surface area contributed by atoms with Crippen LogP contribution < -0.4 is 11.2 Å². The molecule has 3 aromatic heterocycles. The van der Waals surface area contributed by atoms with Crippen molar-refractivity contribution in [1.82, 2.24) is 19.5 Å². The van der Waals surface area contributed by atoms with Crippen LogP contribution in [0.1, 0.15) is 12.5 Å². The van der Waals surface area contributed by atoms with Gasteiger partial charge in [0.1, 0.15) is 5.52 Å². The average Bonchev–Trinajstić information content (AvgIpc) is 2.96. The van der Waals surface area contributed by atoms with E-state index in [0.717, 1.165) is 10.4 Å². The van der Waals surface area contributed by atoms with Gasteiger partial charge in [-0.15, -0.1) is 11.3 Å². The molecule has 0 saturated carbocycles. The fourth-order valence-corrected chi connectivity index (χ4v) is 3.26. The number of aromatic amines is 2. The van der Waals surface area contributed by atoms with Gasteiger partial charge in [-0.1, -0.05) is 11.6 Å². The molecular weight excluding hydrogens is 300 g/mol. The van der Waals surface area contributed by atoms with Gasteiger partial charge in [0.2, 0.25) is 0 Å². The second-order valence-electron chi connectivity index (χ2n) is 4.35. The summed E-state index contributed by atoms with van der Waals surface area (Å²) in [5.74, 6) is 0.501. The van der Waals surface area contributed by atoms with Crippen molar-refractivity contribution in [2.75, 3.05) is 0 Å². The second-order valence-corrected chi connectivity index (χ2v) is 5.61. The van der Waals surface area contributed by atoms with Crippen LogP contribution in [0, 0.1) is 6.92 Å². The summed E-state index contributed by atoms with van der Waals surface area (Å²) in [6.45, 7) is 4.14. The number of fused-ring (bicyclic) bond motifs is 1. The monoisotopic (exact) mass is 310 g/mol. The number of hydrogen-bond donors (Lipinski definition) is 2. The number of H-pyrrole nitrogens is 2. The molecule has 0 amide bonds. The fraction of sp³-hybridized carbons (Fsp3) is 0.250. The Morgan fingerprint density at radius 2 is 2.15 bits per heavy atom. The van der Waals surface area contributed by atoms with Crippen molar-refractivity contribution in [3.8, 4) is 10.7 Å². The zero-order valence-corrected chi connectivity index (χ0v) is 12.4. The molecule has 0 atom stereocenters. The van der Waals surface area contributed by atoms with Gasteiger partial charge in [0.25, 0.3) is 5.56 Å². The van der Waals surface area contributed by atoms with Gasteiger partial charge in [-0.3, -0.25) is 14.3 Å². The van der Waals surface area contributed by atoms with Crippen LogP contribution in [0.3, 0.4) is 0 Å². The van der Waals surface area contributed by atoms with Crippen molar-refractivity contribution >= 4 is 34.1 Å². The first-order valence-corrected chi connectivity index (χ1v) is 7.25. The maximum absolute atomic E-state index is 11.8. The summed E-state index contributed by atoms with van der Waals surface area (Å²) in [4.78, 5) is 33.9. The quantitative estimate of drug-likeness (QED) is 0.760. The van der Waals surface area contributed by atoms with Crippen LogP contribution in [0.4, 0.5) is 0 Å². The Hall–Kier alpha value is -1.86. The maximum atomic E-state index is 11.8. The van der Waals surface area contributed by atoms with E-state index in [-0.39, 0.29) is 5.52 Å². The van der Waals surface area contributed by atoms with Crippen molar-refractivity contribution in [2.24, 2.45) is 0 Å². The number of nitrogens with one attached hydrogen (secondary N) is 2. The Kier molecular flexibility index (Phi) is 3.02. The number of aromatic nitrogens is 4. The lowest BCUT2D eigenvalue weighted by Gasteiger charge is -1.99. The van der Waals surface area contributed by atoms with Crippen LogP contribution in [0.2, 0.25) is 5.02 Å². The van der Waals surface area contributed by atoms with Gasteiger partial charge in [0.15, 0.2) is 11.5 Å². The minimum absolute atomic E-state index is 0.281. The molecular formula is C12H11ClN4O2S. The van der Waals surface area contributed by atoms with Crippen LogP contribution in [-0.4, -0.2) is 19.5 Å². The molecule has 0 aliphatic heterocycles. The molecule has 0 radical (unpaired) electrons. The molecule has 3 rings (SSSR count). The third-order valence-electron chi connectivity index (χ3n) is 3.06. The molecule has 3 aromatic rings. The average molecular weight is 311 g/mol. The molecule has 8 heteroatoms. The number of imidazole rings is 1. The van der Waals surface area contributed by atoms with E-state index in [0.29, 0.717) is 23.0 Å². The summed E-state index contributed by atoms with van der Waals surface area (Å²) in [5.41, 5.74) is 0.644. The molecule has 3 heterocycles. The van der Waals surface area contributed by atoms with E-state index >= 15 is 0 Å². The zero-order valence-electron chi connectivity index (χ0n) is 10.8. The third-order valence-corrected chi connectivity index (χ3v) is 4.77. The first-order chi connectivity index (χ1) is 9.52. The molecule has 0 bridgehead atoms. The van der Waals surface area contributed by atoms with Crippen molar-refractivity contribution in [3.05, 3.63) is 36.8 Å². The fourth-order valence-electron chi connectivity index (χ4n) is 2.03. The smallest absolute Gasteiger partial charge is 0.330 e. The van der Waals surface area contributed by atoms with Crippen LogP contribution >= 0.6 is 22.9 Å². The highest BCUT2D eigenvalue weighted by Gasteiger charge is 2.16. The molecule has 0 unspecified atom stereocenters. The molecule has 0 aliphatic carbocycles. The van der Waals surface area contributed by atoms with E-state index in [9.17, 15) is 9.59 Å². The van der Waals surface area contributed by atoms with E-state index in [4.69, 9.17) is 11.6 Å². The number of hydrogen-bond acceptors (Lipinski definition) is 4. The lowest BCUT2D eigenvalue weighted by molar-refractivity contribution is 0.720. The number of rotatable bonds is 2. The predicted octanol–water partition coefficient (Wildman–Crippen LogP) is 2.12. The van der Waals surface area contributed by atoms with E-state index in [1.165, 1.54) is 15.9 Å². The lowest BCUT2D eigenvalue weighted by Crippen LogP contribution is -2.29. The Morgan fingerprint density at radius 1 is 1.40 bits per heavy atom. The van der Waals surface area contributed by atoms with Gasteiger partial charge in [-0.05, 0) is 24.8 Å². The van der Waals surface area contributed by atoms with E-state index in [1.54, 1.807) is 0 Å². The Labute approximate surface area is 122 Å². The molecule has 0 spiro atoms. The summed E-state index contributed by atoms with van der Waals surface area (Å²) < 4.78 is 1.41. The van der Waals surface area contributed by atoms with Crippen LogP contribution in [-0.2, 0) is 6.54 Å². The van der Waals surface area contributed by atoms with Crippen LogP contribution in [0.25, 0.3) is 21.9 Å². The van der Waals surface area contributed by atoms with Crippen molar-refractivity contribution in [3.63, 3.8) is 0 Å². The molecule has 0 saturated heterocycles. The van der Waals surface area contributed by atoms with Gasteiger partial charge in [-0.2, -0.15) is 0 Å². The number of nitrogens with zero attached hydrogens (tertiary/aromatic N) is 2. The zero-order chi connectivity index (χ0) is 14.4. The van der Waals surface area contributed by atoms with Crippen LogP contribution in [0.15, 0.2) is 15.0 Å². The van der Waals surface area contributed by atoms with Gasteiger partial charge < -0.3 is 4.98 Å². The highest BCUT2D eigenvalue weighted by Crippen LogP contribution is 2.35. The highest BCUT2D eigenvalue weighted by atomic mass is 35.5. The molecule has 20 heavy (non-hydrogen) atoms. The van der Waals surface area contributed by atoms with E-state index in [1.807, 2.05) is 19.2 Å². The maximum Gasteiger partial charge on any atom is 0.330 e. The Bertz CT molecular complexity index is 918. The summed E-state index contributed by atoms with van der Waals surface area (Å²) >= 11 is 7.65. The van der Waals surface area contributed by atoms with Gasteiger partial charge in [0.05, 0.1) is 9.90 Å².